The van der Waals surface area contributed by atoms with Gasteiger partial charge < -0.3 is 28.7 Å². The first-order valence-corrected chi connectivity index (χ1v) is 10.9. The van der Waals surface area contributed by atoms with E-state index in [-0.39, 0.29) is 6.10 Å². The van der Waals surface area contributed by atoms with Crippen molar-refractivity contribution in [3.8, 4) is 17.2 Å². The van der Waals surface area contributed by atoms with E-state index in [1.165, 1.54) is 21.3 Å². The predicted molar refractivity (Wildman–Crippen MR) is 115 cm³/mol. The van der Waals surface area contributed by atoms with Gasteiger partial charge in [-0.15, -0.1) is 0 Å². The van der Waals surface area contributed by atoms with Crippen LogP contribution in [0.25, 0.3) is 0 Å². The molecule has 0 unspecified atom stereocenters. The van der Waals surface area contributed by atoms with E-state index in [0.717, 1.165) is 5.69 Å². The van der Waals surface area contributed by atoms with Crippen LogP contribution in [0, 0.1) is 0 Å². The Morgan fingerprint density at radius 3 is 1.83 bits per heavy atom. The van der Waals surface area contributed by atoms with E-state index in [2.05, 4.69) is 0 Å². The second-order valence-electron chi connectivity index (χ2n) is 6.99. The summed E-state index contributed by atoms with van der Waals surface area (Å²) in [5, 5.41) is 11.6. The Morgan fingerprint density at radius 1 is 0.931 bits per heavy atom. The zero-order valence-corrected chi connectivity index (χ0v) is 18.9. The molecule has 1 N–H and O–H groups in total. The van der Waals surface area contributed by atoms with Crippen LogP contribution in [0.3, 0.4) is 0 Å². The first kappa shape index (κ1) is 23.1. The number of hydrogen-bond acceptors (Lipinski definition) is 7. The summed E-state index contributed by atoms with van der Waals surface area (Å²) in [7, 11) is 4.61. The maximum absolute atomic E-state index is 14.0. The van der Waals surface area contributed by atoms with Crippen LogP contribution < -0.4 is 24.4 Å². The van der Waals surface area contributed by atoms with Crippen molar-refractivity contribution in [3.05, 3.63) is 42.0 Å². The number of aliphatic hydroxyl groups is 1. The Hall–Kier alpha value is -2.21. The summed E-state index contributed by atoms with van der Waals surface area (Å²) < 4.78 is 35.8. The quantitative estimate of drug-likeness (QED) is 0.615. The third-order valence-corrected chi connectivity index (χ3v) is 7.10. The number of methoxy groups -OCH3 is 3. The largest absolute Gasteiger partial charge is 0.493 e. The number of aliphatic hydroxyl groups excluding tert-OH is 1. The standard InChI is InChI=1S/C21H30NO6P/c1-14(2)28-29(24,17-10-8-16(9-11-17)22(3)4)21(23)15-12-18(25-5)20(27-7)19(13-15)26-6/h8-14,21,23H,1-7H3/t21-,29-/m0/s1. The molecule has 160 valence electrons. The topological polar surface area (TPSA) is 77.5 Å². The third-order valence-electron chi connectivity index (χ3n) is 4.40. The van der Waals surface area contributed by atoms with E-state index >= 15 is 0 Å². The number of anilines is 1. The molecule has 0 aliphatic heterocycles. The second kappa shape index (κ2) is 9.53. The van der Waals surface area contributed by atoms with Crippen molar-refractivity contribution < 1.29 is 28.4 Å². The zero-order valence-electron chi connectivity index (χ0n) is 18.0. The Labute approximate surface area is 172 Å². The summed E-state index contributed by atoms with van der Waals surface area (Å²) in [6.07, 6.45) is -0.356. The lowest BCUT2D eigenvalue weighted by Crippen LogP contribution is -2.18. The van der Waals surface area contributed by atoms with Gasteiger partial charge in [0, 0.05) is 25.1 Å². The van der Waals surface area contributed by atoms with Crippen LogP contribution in [-0.4, -0.2) is 46.6 Å². The van der Waals surface area contributed by atoms with Gasteiger partial charge in [-0.1, -0.05) is 0 Å². The fourth-order valence-corrected chi connectivity index (χ4v) is 5.23. The molecule has 2 rings (SSSR count). The van der Waals surface area contributed by atoms with E-state index in [9.17, 15) is 9.67 Å². The normalized spacial score (nSPS) is 14.2. The zero-order chi connectivity index (χ0) is 21.8. The molecule has 2 atom stereocenters. The Kier molecular flexibility index (Phi) is 7.58. The van der Waals surface area contributed by atoms with Crippen LogP contribution >= 0.6 is 7.37 Å². The first-order valence-electron chi connectivity index (χ1n) is 9.22. The maximum Gasteiger partial charge on any atom is 0.264 e. The molecule has 8 heteroatoms. The third kappa shape index (κ3) is 4.86. The average Bonchev–Trinajstić information content (AvgIpc) is 2.71. The molecule has 0 aliphatic carbocycles. The van der Waals surface area contributed by atoms with Crippen molar-refractivity contribution in [1.29, 1.82) is 0 Å². The summed E-state index contributed by atoms with van der Waals surface area (Å²) in [5.74, 6) is -0.301. The monoisotopic (exact) mass is 423 g/mol. The van der Waals surface area contributed by atoms with Crippen molar-refractivity contribution in [1.82, 2.24) is 0 Å². The molecule has 2 aromatic carbocycles. The predicted octanol–water partition coefficient (Wildman–Crippen LogP) is 3.80. The Bertz CT molecular complexity index is 841. The minimum Gasteiger partial charge on any atom is -0.493 e. The summed E-state index contributed by atoms with van der Waals surface area (Å²) in [6, 6.07) is 10.3. The van der Waals surface area contributed by atoms with Crippen molar-refractivity contribution in [2.24, 2.45) is 0 Å². The number of rotatable bonds is 9. The van der Waals surface area contributed by atoms with E-state index in [1.54, 1.807) is 38.1 Å². The first-order chi connectivity index (χ1) is 13.7. The fraction of sp³-hybridized carbons (Fsp3) is 0.429. The SMILES string of the molecule is COc1cc([C@@H](O)[P@@](=O)(OC(C)C)c2ccc(N(C)C)cc2)cc(OC)c1OC. The van der Waals surface area contributed by atoms with Gasteiger partial charge in [-0.2, -0.15) is 0 Å². The molecule has 0 aliphatic rings. The lowest BCUT2D eigenvalue weighted by molar-refractivity contribution is 0.188. The molecule has 0 aromatic heterocycles. The highest BCUT2D eigenvalue weighted by Gasteiger charge is 2.38. The molecule has 0 amide bonds. The molecule has 0 spiro atoms. The van der Waals surface area contributed by atoms with Gasteiger partial charge in [-0.05, 0) is 55.8 Å². The maximum atomic E-state index is 14.0. The molecule has 7 nitrogen and oxygen atoms in total. The molecule has 0 saturated heterocycles. The van der Waals surface area contributed by atoms with Gasteiger partial charge in [0.1, 0.15) is 0 Å². The van der Waals surface area contributed by atoms with Gasteiger partial charge in [0.25, 0.3) is 7.37 Å². The molecule has 0 radical (unpaired) electrons. The van der Waals surface area contributed by atoms with E-state index in [1.807, 2.05) is 31.1 Å². The van der Waals surface area contributed by atoms with Gasteiger partial charge in [0.15, 0.2) is 17.3 Å². The number of hydrogen-bond donors (Lipinski definition) is 1. The lowest BCUT2D eigenvalue weighted by atomic mass is 10.2. The molecule has 29 heavy (non-hydrogen) atoms. The number of ether oxygens (including phenoxy) is 3. The molecule has 0 bridgehead atoms. The summed E-state index contributed by atoms with van der Waals surface area (Å²) in [5.41, 5.74) is 1.30. The fourth-order valence-electron chi connectivity index (χ4n) is 2.98. The smallest absolute Gasteiger partial charge is 0.264 e. The van der Waals surface area contributed by atoms with E-state index in [0.29, 0.717) is 28.1 Å². The van der Waals surface area contributed by atoms with Crippen molar-refractivity contribution in [2.45, 2.75) is 25.8 Å². The van der Waals surface area contributed by atoms with Crippen molar-refractivity contribution >= 4 is 18.4 Å². The summed E-state index contributed by atoms with van der Waals surface area (Å²) in [6.45, 7) is 3.56. The second-order valence-corrected chi connectivity index (χ2v) is 9.40. The number of benzene rings is 2. The number of nitrogens with zero attached hydrogens (tertiary/aromatic N) is 1. The molecule has 0 fully saturated rings. The van der Waals surface area contributed by atoms with Crippen LogP contribution in [0.5, 0.6) is 17.2 Å². The summed E-state index contributed by atoms with van der Waals surface area (Å²) in [4.78, 5) is 1.94. The van der Waals surface area contributed by atoms with Crippen LogP contribution in [0.1, 0.15) is 25.3 Å². The van der Waals surface area contributed by atoms with Gasteiger partial charge in [-0.3, -0.25) is 4.57 Å². The minimum absolute atomic E-state index is 0.347. The summed E-state index contributed by atoms with van der Waals surface area (Å²) >= 11 is 0. The van der Waals surface area contributed by atoms with E-state index in [4.69, 9.17) is 18.7 Å². The molecular weight excluding hydrogens is 393 g/mol. The molecule has 2 aromatic rings. The Morgan fingerprint density at radius 2 is 1.45 bits per heavy atom. The van der Waals surface area contributed by atoms with Gasteiger partial charge in [0.2, 0.25) is 5.75 Å². The average molecular weight is 423 g/mol. The molecular formula is C21H30NO6P. The van der Waals surface area contributed by atoms with Gasteiger partial charge in [0.05, 0.1) is 27.4 Å². The molecule has 0 heterocycles. The van der Waals surface area contributed by atoms with Crippen LogP contribution in [0.4, 0.5) is 5.69 Å². The van der Waals surface area contributed by atoms with Crippen LogP contribution in [0.2, 0.25) is 0 Å². The lowest BCUT2D eigenvalue weighted by Gasteiger charge is -2.27. The Balaban J connectivity index is 2.59. The van der Waals surface area contributed by atoms with Crippen LogP contribution in [-0.2, 0) is 9.09 Å². The van der Waals surface area contributed by atoms with Gasteiger partial charge >= 0.3 is 0 Å². The highest BCUT2D eigenvalue weighted by Crippen LogP contribution is 2.59. The van der Waals surface area contributed by atoms with Crippen molar-refractivity contribution in [2.75, 3.05) is 40.3 Å². The minimum atomic E-state index is -3.69. The highest BCUT2D eigenvalue weighted by molar-refractivity contribution is 7.67. The van der Waals surface area contributed by atoms with Gasteiger partial charge in [-0.25, -0.2) is 0 Å². The van der Waals surface area contributed by atoms with Crippen molar-refractivity contribution in [3.63, 3.8) is 0 Å². The van der Waals surface area contributed by atoms with Crippen LogP contribution in [0.15, 0.2) is 36.4 Å². The highest BCUT2D eigenvalue weighted by atomic mass is 31.2. The molecule has 0 saturated carbocycles. The van der Waals surface area contributed by atoms with E-state index < -0.39 is 13.2 Å².